The van der Waals surface area contributed by atoms with Gasteiger partial charge in [-0.1, -0.05) is 0 Å². The van der Waals surface area contributed by atoms with Crippen molar-refractivity contribution in [1.82, 2.24) is 20.2 Å². The van der Waals surface area contributed by atoms with Crippen molar-refractivity contribution in [1.29, 1.82) is 0 Å². The molecular formula is C13H16F3N5. The quantitative estimate of drug-likeness (QED) is 0.503. The number of hydrazine groups is 1. The Kier molecular flexibility index (Phi) is 4.59. The first-order chi connectivity index (χ1) is 9.93. The van der Waals surface area contributed by atoms with Crippen LogP contribution < -0.4 is 11.3 Å². The van der Waals surface area contributed by atoms with Gasteiger partial charge in [0.05, 0.1) is 6.04 Å². The molecule has 1 unspecified atom stereocenters. The standard InChI is InChI=1S/C13H16F3N5/c1-7(2)21-12(18-6-19-21)5-11(20-17)8-3-9(14)13(16)10(15)4-8/h3-4,6-7,11,20H,5,17H2,1-2H3. The van der Waals surface area contributed by atoms with Gasteiger partial charge in [-0.3, -0.25) is 11.3 Å². The second-order valence-electron chi connectivity index (χ2n) is 4.94. The third-order valence-electron chi connectivity index (χ3n) is 3.13. The van der Waals surface area contributed by atoms with Crippen molar-refractivity contribution >= 4 is 0 Å². The van der Waals surface area contributed by atoms with Crippen molar-refractivity contribution in [2.45, 2.75) is 32.4 Å². The molecule has 0 spiro atoms. The van der Waals surface area contributed by atoms with Crippen LogP contribution in [0.25, 0.3) is 0 Å². The molecule has 114 valence electrons. The third-order valence-corrected chi connectivity index (χ3v) is 3.13. The first-order valence-corrected chi connectivity index (χ1v) is 6.43. The third kappa shape index (κ3) is 3.22. The molecule has 0 saturated carbocycles. The van der Waals surface area contributed by atoms with Gasteiger partial charge in [-0.05, 0) is 31.5 Å². The van der Waals surface area contributed by atoms with Crippen molar-refractivity contribution in [3.63, 3.8) is 0 Å². The maximum atomic E-state index is 13.3. The van der Waals surface area contributed by atoms with Crippen molar-refractivity contribution in [2.24, 2.45) is 5.84 Å². The lowest BCUT2D eigenvalue weighted by atomic mass is 10.0. The maximum Gasteiger partial charge on any atom is 0.194 e. The normalized spacial score (nSPS) is 12.9. The second-order valence-corrected chi connectivity index (χ2v) is 4.94. The van der Waals surface area contributed by atoms with E-state index in [2.05, 4.69) is 15.5 Å². The van der Waals surface area contributed by atoms with Crippen LogP contribution in [0.15, 0.2) is 18.5 Å². The summed E-state index contributed by atoms with van der Waals surface area (Å²) in [5.74, 6) is 2.04. The summed E-state index contributed by atoms with van der Waals surface area (Å²) in [5.41, 5.74) is 2.66. The number of benzene rings is 1. The van der Waals surface area contributed by atoms with E-state index in [-0.39, 0.29) is 18.0 Å². The van der Waals surface area contributed by atoms with Crippen LogP contribution in [0.2, 0.25) is 0 Å². The average molecular weight is 299 g/mol. The number of hydrogen-bond acceptors (Lipinski definition) is 4. The van der Waals surface area contributed by atoms with E-state index in [0.29, 0.717) is 5.82 Å². The van der Waals surface area contributed by atoms with E-state index in [1.54, 1.807) is 4.68 Å². The monoisotopic (exact) mass is 299 g/mol. The van der Waals surface area contributed by atoms with Crippen LogP contribution in [0.5, 0.6) is 0 Å². The Morgan fingerprint density at radius 1 is 1.24 bits per heavy atom. The lowest BCUT2D eigenvalue weighted by Gasteiger charge is -2.18. The summed E-state index contributed by atoms with van der Waals surface area (Å²) >= 11 is 0. The minimum Gasteiger partial charge on any atom is -0.271 e. The van der Waals surface area contributed by atoms with Gasteiger partial charge in [0.15, 0.2) is 17.5 Å². The predicted octanol–water partition coefficient (Wildman–Crippen LogP) is 2.02. The molecule has 2 rings (SSSR count). The highest BCUT2D eigenvalue weighted by Gasteiger charge is 2.19. The summed E-state index contributed by atoms with van der Waals surface area (Å²) in [6.45, 7) is 3.86. The van der Waals surface area contributed by atoms with Crippen LogP contribution in [-0.4, -0.2) is 14.8 Å². The van der Waals surface area contributed by atoms with Crippen LogP contribution in [0.1, 0.15) is 37.3 Å². The molecule has 0 aliphatic carbocycles. The molecule has 5 nitrogen and oxygen atoms in total. The van der Waals surface area contributed by atoms with Crippen LogP contribution in [0.3, 0.4) is 0 Å². The SMILES string of the molecule is CC(C)n1ncnc1CC(NN)c1cc(F)c(F)c(F)c1. The van der Waals surface area contributed by atoms with Gasteiger partial charge in [0.25, 0.3) is 0 Å². The van der Waals surface area contributed by atoms with Gasteiger partial charge in [0, 0.05) is 12.5 Å². The molecule has 0 aliphatic heterocycles. The molecule has 0 bridgehead atoms. The highest BCUT2D eigenvalue weighted by Crippen LogP contribution is 2.22. The first kappa shape index (κ1) is 15.5. The van der Waals surface area contributed by atoms with Gasteiger partial charge >= 0.3 is 0 Å². The number of nitrogens with zero attached hydrogens (tertiary/aromatic N) is 3. The Morgan fingerprint density at radius 3 is 2.38 bits per heavy atom. The van der Waals surface area contributed by atoms with Gasteiger partial charge < -0.3 is 0 Å². The Morgan fingerprint density at radius 2 is 1.86 bits per heavy atom. The van der Waals surface area contributed by atoms with E-state index in [0.717, 1.165) is 12.1 Å². The summed E-state index contributed by atoms with van der Waals surface area (Å²) in [4.78, 5) is 4.11. The van der Waals surface area contributed by atoms with Crippen LogP contribution in [0, 0.1) is 17.5 Å². The van der Waals surface area contributed by atoms with E-state index in [1.807, 2.05) is 13.8 Å². The van der Waals surface area contributed by atoms with E-state index in [1.165, 1.54) is 6.33 Å². The topological polar surface area (TPSA) is 68.8 Å². The van der Waals surface area contributed by atoms with Gasteiger partial charge in [0.1, 0.15) is 12.2 Å². The molecular weight excluding hydrogens is 283 g/mol. The number of hydrogen-bond donors (Lipinski definition) is 2. The predicted molar refractivity (Wildman–Crippen MR) is 70.5 cm³/mol. The second kappa shape index (κ2) is 6.23. The highest BCUT2D eigenvalue weighted by atomic mass is 19.2. The van der Waals surface area contributed by atoms with E-state index < -0.39 is 23.5 Å². The largest absolute Gasteiger partial charge is 0.271 e. The fraction of sp³-hybridized carbons (Fsp3) is 0.385. The maximum absolute atomic E-state index is 13.3. The Labute approximate surface area is 119 Å². The summed E-state index contributed by atoms with van der Waals surface area (Å²) in [7, 11) is 0. The van der Waals surface area contributed by atoms with Gasteiger partial charge in [-0.15, -0.1) is 0 Å². The van der Waals surface area contributed by atoms with Crippen LogP contribution in [0.4, 0.5) is 13.2 Å². The fourth-order valence-electron chi connectivity index (χ4n) is 2.08. The molecule has 0 fully saturated rings. The minimum absolute atomic E-state index is 0.0858. The molecule has 0 amide bonds. The zero-order valence-electron chi connectivity index (χ0n) is 11.6. The van der Waals surface area contributed by atoms with Gasteiger partial charge in [-0.25, -0.2) is 22.8 Å². The molecule has 1 aromatic heterocycles. The number of aromatic nitrogens is 3. The molecule has 1 aromatic carbocycles. The zero-order chi connectivity index (χ0) is 15.6. The van der Waals surface area contributed by atoms with Gasteiger partial charge in [0.2, 0.25) is 0 Å². The summed E-state index contributed by atoms with van der Waals surface area (Å²) in [6, 6.07) is 1.30. The van der Waals surface area contributed by atoms with Crippen molar-refractivity contribution in [3.05, 3.63) is 47.3 Å². The lowest BCUT2D eigenvalue weighted by molar-refractivity contribution is 0.434. The number of halogens is 3. The molecule has 0 saturated heterocycles. The molecule has 1 atom stereocenters. The summed E-state index contributed by atoms with van der Waals surface area (Å²) in [5, 5.41) is 4.07. The highest BCUT2D eigenvalue weighted by molar-refractivity contribution is 5.23. The van der Waals surface area contributed by atoms with Crippen LogP contribution >= 0.6 is 0 Å². The fourth-order valence-corrected chi connectivity index (χ4v) is 2.08. The molecule has 0 radical (unpaired) electrons. The lowest BCUT2D eigenvalue weighted by Crippen LogP contribution is -2.31. The van der Waals surface area contributed by atoms with E-state index in [9.17, 15) is 13.2 Å². The number of nitrogens with one attached hydrogen (secondary N) is 1. The Hall–Kier alpha value is -1.93. The molecule has 8 heteroatoms. The van der Waals surface area contributed by atoms with Gasteiger partial charge in [-0.2, -0.15) is 5.10 Å². The van der Waals surface area contributed by atoms with E-state index in [4.69, 9.17) is 5.84 Å². The average Bonchev–Trinajstić information content (AvgIpc) is 2.90. The van der Waals surface area contributed by atoms with Crippen molar-refractivity contribution < 1.29 is 13.2 Å². The Balaban J connectivity index is 2.30. The summed E-state index contributed by atoms with van der Waals surface area (Å²) in [6.07, 6.45) is 1.66. The Bertz CT molecular complexity index is 603. The van der Waals surface area contributed by atoms with E-state index >= 15 is 0 Å². The van der Waals surface area contributed by atoms with Crippen molar-refractivity contribution in [2.75, 3.05) is 0 Å². The van der Waals surface area contributed by atoms with Crippen molar-refractivity contribution in [3.8, 4) is 0 Å². The zero-order valence-corrected chi connectivity index (χ0v) is 11.6. The van der Waals surface area contributed by atoms with Crippen LogP contribution in [-0.2, 0) is 6.42 Å². The molecule has 1 heterocycles. The molecule has 3 N–H and O–H groups in total. The smallest absolute Gasteiger partial charge is 0.194 e. The molecule has 2 aromatic rings. The number of nitrogens with two attached hydrogens (primary N) is 1. The minimum atomic E-state index is -1.50. The molecule has 21 heavy (non-hydrogen) atoms. The molecule has 0 aliphatic rings. The summed E-state index contributed by atoms with van der Waals surface area (Å²) < 4.78 is 41.3. The number of rotatable bonds is 5. The first-order valence-electron chi connectivity index (χ1n) is 6.43.